The van der Waals surface area contributed by atoms with E-state index in [1.54, 1.807) is 13.2 Å². The predicted molar refractivity (Wildman–Crippen MR) is 113 cm³/mol. The zero-order valence-corrected chi connectivity index (χ0v) is 16.8. The molecule has 5 heteroatoms. The lowest BCUT2D eigenvalue weighted by atomic mass is 10.0. The first-order chi connectivity index (χ1) is 13.7. The molecule has 0 bridgehead atoms. The summed E-state index contributed by atoms with van der Waals surface area (Å²) in [7, 11) is 1.75. The highest BCUT2D eigenvalue weighted by Crippen LogP contribution is 2.29. The molecule has 0 aromatic heterocycles. The Hall–Kier alpha value is -2.24. The Kier molecular flexibility index (Phi) is 6.03. The smallest absolute Gasteiger partial charge is 0.142 e. The number of phenols is 1. The summed E-state index contributed by atoms with van der Waals surface area (Å²) >= 11 is 0. The molecule has 0 spiro atoms. The second-order valence-corrected chi connectivity index (χ2v) is 7.90. The number of benzene rings is 2. The fraction of sp³-hybridized carbons (Fsp3) is 0.478. The van der Waals surface area contributed by atoms with Crippen LogP contribution in [0.4, 0.5) is 5.69 Å². The second-order valence-electron chi connectivity index (χ2n) is 7.90. The van der Waals surface area contributed by atoms with Crippen molar-refractivity contribution in [2.24, 2.45) is 0 Å². The molecular formula is C23H31N3O2. The van der Waals surface area contributed by atoms with Crippen molar-refractivity contribution in [1.29, 1.82) is 0 Å². The van der Waals surface area contributed by atoms with E-state index in [1.165, 1.54) is 24.1 Å². The summed E-state index contributed by atoms with van der Waals surface area (Å²) in [6.45, 7) is 7.47. The molecule has 0 unspecified atom stereocenters. The Morgan fingerprint density at radius 3 is 2.61 bits per heavy atom. The van der Waals surface area contributed by atoms with Crippen LogP contribution >= 0.6 is 0 Å². The lowest BCUT2D eigenvalue weighted by molar-refractivity contribution is 0.0887. The molecule has 2 fully saturated rings. The van der Waals surface area contributed by atoms with Gasteiger partial charge in [-0.25, -0.2) is 0 Å². The number of hydrogen-bond donors (Lipinski definition) is 1. The molecule has 4 rings (SSSR count). The van der Waals surface area contributed by atoms with Crippen LogP contribution in [0.5, 0.6) is 11.5 Å². The molecule has 5 nitrogen and oxygen atoms in total. The Morgan fingerprint density at radius 1 is 1.00 bits per heavy atom. The number of nitrogens with zero attached hydrogens (tertiary/aromatic N) is 3. The molecule has 2 aromatic rings. The second kappa shape index (κ2) is 8.84. The summed E-state index contributed by atoms with van der Waals surface area (Å²) < 4.78 is 5.54. The van der Waals surface area contributed by atoms with Gasteiger partial charge in [0, 0.05) is 45.3 Å². The number of para-hydroxylation sites is 2. The van der Waals surface area contributed by atoms with Gasteiger partial charge in [-0.15, -0.1) is 0 Å². The third-order valence-corrected chi connectivity index (χ3v) is 6.05. The summed E-state index contributed by atoms with van der Waals surface area (Å²) in [5.41, 5.74) is 2.40. The Morgan fingerprint density at radius 2 is 1.82 bits per heavy atom. The highest BCUT2D eigenvalue weighted by Gasteiger charge is 2.28. The molecule has 150 valence electrons. The van der Waals surface area contributed by atoms with Crippen LogP contribution in [0.3, 0.4) is 0 Å². The summed E-state index contributed by atoms with van der Waals surface area (Å²) in [5, 5.41) is 9.71. The molecule has 0 radical (unpaired) electrons. The minimum absolute atomic E-state index is 0.360. The minimum Gasteiger partial charge on any atom is -0.508 e. The highest BCUT2D eigenvalue weighted by atomic mass is 16.5. The van der Waals surface area contributed by atoms with Gasteiger partial charge in [0.25, 0.3) is 0 Å². The Balaban J connectivity index is 1.33. The van der Waals surface area contributed by atoms with E-state index in [4.69, 9.17) is 4.74 Å². The predicted octanol–water partition coefficient (Wildman–Crippen LogP) is 3.19. The summed E-state index contributed by atoms with van der Waals surface area (Å²) in [6.07, 6.45) is 2.53. The summed E-state index contributed by atoms with van der Waals surface area (Å²) in [4.78, 5) is 7.65. The lowest BCUT2D eigenvalue weighted by Crippen LogP contribution is -2.55. The van der Waals surface area contributed by atoms with Gasteiger partial charge in [0.2, 0.25) is 0 Å². The van der Waals surface area contributed by atoms with Gasteiger partial charge in [-0.1, -0.05) is 24.3 Å². The van der Waals surface area contributed by atoms with Gasteiger partial charge in [0.15, 0.2) is 0 Å². The number of piperidine rings is 1. The number of hydrogen-bond acceptors (Lipinski definition) is 5. The number of ether oxygens (including phenoxy) is 1. The van der Waals surface area contributed by atoms with Crippen LogP contribution in [-0.2, 0) is 6.54 Å². The number of phenolic OH excluding ortho intramolecular Hbond substituents is 1. The monoisotopic (exact) mass is 381 g/mol. The van der Waals surface area contributed by atoms with E-state index < -0.39 is 0 Å². The molecule has 2 aliphatic rings. The van der Waals surface area contributed by atoms with Gasteiger partial charge in [-0.2, -0.15) is 0 Å². The number of rotatable bonds is 5. The fourth-order valence-electron chi connectivity index (χ4n) is 4.60. The standard InChI is InChI=1S/C23H31N3O2/c1-28-23-10-3-2-9-22(23)26-14-12-25(13-15-26)20-7-5-11-24(18-20)17-19-6-4-8-21(27)16-19/h2-4,6,8-10,16,20,27H,5,7,11-15,17-18H2,1H3/t20-/m0/s1. The van der Waals surface area contributed by atoms with Crippen LogP contribution in [-0.4, -0.2) is 67.3 Å². The van der Waals surface area contributed by atoms with Crippen molar-refractivity contribution in [2.75, 3.05) is 51.3 Å². The molecule has 28 heavy (non-hydrogen) atoms. The van der Waals surface area contributed by atoms with Crippen molar-refractivity contribution in [2.45, 2.75) is 25.4 Å². The lowest BCUT2D eigenvalue weighted by Gasteiger charge is -2.44. The van der Waals surface area contributed by atoms with Crippen molar-refractivity contribution < 1.29 is 9.84 Å². The number of anilines is 1. The van der Waals surface area contributed by atoms with Crippen LogP contribution in [0.1, 0.15) is 18.4 Å². The molecule has 2 heterocycles. The minimum atomic E-state index is 0.360. The normalized spacial score (nSPS) is 21.6. The van der Waals surface area contributed by atoms with Crippen LogP contribution in [0.25, 0.3) is 0 Å². The summed E-state index contributed by atoms with van der Waals surface area (Å²) in [6, 6.07) is 16.6. The molecular weight excluding hydrogens is 350 g/mol. The first-order valence-corrected chi connectivity index (χ1v) is 10.4. The summed E-state index contributed by atoms with van der Waals surface area (Å²) in [5.74, 6) is 1.32. The third kappa shape index (κ3) is 4.42. The van der Waals surface area contributed by atoms with E-state index in [1.807, 2.05) is 24.3 Å². The molecule has 1 N–H and O–H groups in total. The van der Waals surface area contributed by atoms with Crippen molar-refractivity contribution in [1.82, 2.24) is 9.80 Å². The van der Waals surface area contributed by atoms with Gasteiger partial charge < -0.3 is 14.7 Å². The largest absolute Gasteiger partial charge is 0.508 e. The number of likely N-dealkylation sites (tertiary alicyclic amines) is 1. The maximum atomic E-state index is 9.71. The maximum Gasteiger partial charge on any atom is 0.142 e. The van der Waals surface area contributed by atoms with Crippen LogP contribution in [0.2, 0.25) is 0 Å². The van der Waals surface area contributed by atoms with Crippen molar-refractivity contribution in [3.63, 3.8) is 0 Å². The average Bonchev–Trinajstić information content (AvgIpc) is 2.74. The Labute approximate surface area is 168 Å². The van der Waals surface area contributed by atoms with Crippen LogP contribution < -0.4 is 9.64 Å². The van der Waals surface area contributed by atoms with E-state index in [-0.39, 0.29) is 0 Å². The first kappa shape index (κ1) is 19.1. The van der Waals surface area contributed by atoms with Crippen molar-refractivity contribution in [3.8, 4) is 11.5 Å². The highest BCUT2D eigenvalue weighted by molar-refractivity contribution is 5.58. The SMILES string of the molecule is COc1ccccc1N1CCN([C@H]2CCCN(Cc3cccc(O)c3)C2)CC1. The molecule has 2 aliphatic heterocycles. The van der Waals surface area contributed by atoms with Crippen LogP contribution in [0, 0.1) is 0 Å². The van der Waals surface area contributed by atoms with Gasteiger partial charge >= 0.3 is 0 Å². The first-order valence-electron chi connectivity index (χ1n) is 10.4. The van der Waals surface area contributed by atoms with Gasteiger partial charge in [-0.05, 0) is 49.2 Å². The van der Waals surface area contributed by atoms with Crippen molar-refractivity contribution >= 4 is 5.69 Å². The zero-order chi connectivity index (χ0) is 19.3. The van der Waals surface area contributed by atoms with Gasteiger partial charge in [0.05, 0.1) is 12.8 Å². The quantitative estimate of drug-likeness (QED) is 0.861. The Bertz CT molecular complexity index is 774. The van der Waals surface area contributed by atoms with E-state index in [9.17, 15) is 5.11 Å². The van der Waals surface area contributed by atoms with E-state index in [0.717, 1.165) is 51.6 Å². The molecule has 1 atom stereocenters. The molecule has 2 saturated heterocycles. The molecule has 0 aliphatic carbocycles. The zero-order valence-electron chi connectivity index (χ0n) is 16.8. The maximum absolute atomic E-state index is 9.71. The number of methoxy groups -OCH3 is 1. The molecule has 0 amide bonds. The number of piperazine rings is 1. The number of aromatic hydroxyl groups is 1. The van der Waals surface area contributed by atoms with E-state index in [2.05, 4.69) is 32.9 Å². The van der Waals surface area contributed by atoms with E-state index in [0.29, 0.717) is 11.8 Å². The molecule has 0 saturated carbocycles. The molecule has 2 aromatic carbocycles. The fourth-order valence-corrected chi connectivity index (χ4v) is 4.60. The van der Waals surface area contributed by atoms with Crippen molar-refractivity contribution in [3.05, 3.63) is 54.1 Å². The van der Waals surface area contributed by atoms with Gasteiger partial charge in [0.1, 0.15) is 11.5 Å². The van der Waals surface area contributed by atoms with Crippen LogP contribution in [0.15, 0.2) is 48.5 Å². The average molecular weight is 382 g/mol. The third-order valence-electron chi connectivity index (χ3n) is 6.05. The van der Waals surface area contributed by atoms with E-state index >= 15 is 0 Å². The topological polar surface area (TPSA) is 39.2 Å². The van der Waals surface area contributed by atoms with Gasteiger partial charge in [-0.3, -0.25) is 9.80 Å².